The number of benzene rings is 2. The number of morpholine rings is 1. The van der Waals surface area contributed by atoms with E-state index in [1.165, 1.54) is 15.2 Å². The molecule has 170 valence electrons. The number of aryl methyl sites for hydroxylation is 2. The van der Waals surface area contributed by atoms with Gasteiger partial charge in [0.05, 0.1) is 41.2 Å². The SMILES string of the molecule is Cn1c(=O)n(CCC(=O)Nc2cc(C(F)(F)F)ccc2N2CCOCC2)c2ccccc21. The van der Waals surface area contributed by atoms with Gasteiger partial charge in [-0.1, -0.05) is 12.1 Å². The fourth-order valence-corrected chi connectivity index (χ4v) is 3.90. The molecule has 4 rings (SSSR count). The highest BCUT2D eigenvalue weighted by Crippen LogP contribution is 2.35. The Balaban J connectivity index is 1.56. The molecule has 2 heterocycles. The summed E-state index contributed by atoms with van der Waals surface area (Å²) in [5.41, 5.74) is 0.947. The second-order valence-electron chi connectivity index (χ2n) is 7.61. The van der Waals surface area contributed by atoms with Gasteiger partial charge in [-0.2, -0.15) is 13.2 Å². The summed E-state index contributed by atoms with van der Waals surface area (Å²) >= 11 is 0. The number of fused-ring (bicyclic) bond motifs is 1. The first kappa shape index (κ1) is 21.9. The van der Waals surface area contributed by atoms with E-state index in [0.717, 1.165) is 17.6 Å². The minimum atomic E-state index is -4.53. The number of hydrogen-bond acceptors (Lipinski definition) is 4. The minimum Gasteiger partial charge on any atom is -0.378 e. The number of hydrogen-bond donors (Lipinski definition) is 1. The predicted octanol–water partition coefficient (Wildman–Crippen LogP) is 3.22. The maximum absolute atomic E-state index is 13.3. The van der Waals surface area contributed by atoms with Gasteiger partial charge in [-0.15, -0.1) is 0 Å². The predicted molar refractivity (Wildman–Crippen MR) is 115 cm³/mol. The first-order valence-electron chi connectivity index (χ1n) is 10.2. The van der Waals surface area contributed by atoms with Gasteiger partial charge in [-0.05, 0) is 30.3 Å². The molecule has 0 atom stereocenters. The largest absolute Gasteiger partial charge is 0.416 e. The molecule has 1 amide bonds. The Kier molecular flexibility index (Phi) is 5.96. The zero-order chi connectivity index (χ0) is 22.9. The third-order valence-electron chi connectivity index (χ3n) is 5.56. The number of anilines is 2. The molecule has 1 aromatic heterocycles. The van der Waals surface area contributed by atoms with Crippen LogP contribution in [-0.4, -0.2) is 41.3 Å². The number of nitrogens with zero attached hydrogens (tertiary/aromatic N) is 3. The molecule has 1 aliphatic rings. The summed E-state index contributed by atoms with van der Waals surface area (Å²) in [6, 6.07) is 10.6. The Morgan fingerprint density at radius 3 is 2.47 bits per heavy atom. The molecule has 10 heteroatoms. The van der Waals surface area contributed by atoms with Crippen LogP contribution in [0.3, 0.4) is 0 Å². The summed E-state index contributed by atoms with van der Waals surface area (Å²) in [7, 11) is 1.65. The summed E-state index contributed by atoms with van der Waals surface area (Å²) in [5.74, 6) is -0.473. The van der Waals surface area contributed by atoms with Crippen molar-refractivity contribution in [2.24, 2.45) is 7.05 Å². The van der Waals surface area contributed by atoms with Crippen LogP contribution in [0.1, 0.15) is 12.0 Å². The van der Waals surface area contributed by atoms with Crippen molar-refractivity contribution in [1.29, 1.82) is 0 Å². The summed E-state index contributed by atoms with van der Waals surface area (Å²) < 4.78 is 48.1. The second kappa shape index (κ2) is 8.70. The molecule has 0 saturated carbocycles. The average Bonchev–Trinajstić information content (AvgIpc) is 3.02. The Bertz CT molecular complexity index is 1190. The van der Waals surface area contributed by atoms with Crippen molar-refractivity contribution >= 4 is 28.3 Å². The molecule has 0 unspecified atom stereocenters. The summed E-state index contributed by atoms with van der Waals surface area (Å²) in [6.07, 6.45) is -4.59. The molecular weight excluding hydrogens is 425 g/mol. The van der Waals surface area contributed by atoms with E-state index < -0.39 is 17.6 Å². The second-order valence-corrected chi connectivity index (χ2v) is 7.61. The van der Waals surface area contributed by atoms with E-state index in [9.17, 15) is 22.8 Å². The molecule has 7 nitrogen and oxygen atoms in total. The Morgan fingerprint density at radius 1 is 1.09 bits per heavy atom. The first-order valence-corrected chi connectivity index (χ1v) is 10.2. The molecule has 3 aromatic rings. The van der Waals surface area contributed by atoms with E-state index in [4.69, 9.17) is 4.74 Å². The number of ether oxygens (including phenoxy) is 1. The van der Waals surface area contributed by atoms with Gasteiger partial charge >= 0.3 is 11.9 Å². The van der Waals surface area contributed by atoms with Gasteiger partial charge in [-0.25, -0.2) is 4.79 Å². The number of rotatable bonds is 5. The van der Waals surface area contributed by atoms with E-state index in [0.29, 0.717) is 37.5 Å². The third-order valence-corrected chi connectivity index (χ3v) is 5.56. The maximum Gasteiger partial charge on any atom is 0.416 e. The van der Waals surface area contributed by atoms with Gasteiger partial charge in [0, 0.05) is 33.1 Å². The molecule has 32 heavy (non-hydrogen) atoms. The van der Waals surface area contributed by atoms with Crippen LogP contribution < -0.4 is 15.9 Å². The van der Waals surface area contributed by atoms with Gasteiger partial charge in [0.25, 0.3) is 0 Å². The standard InChI is InChI=1S/C22H23F3N4O3/c1-27-18-4-2-3-5-19(18)29(21(27)31)9-8-20(30)26-16-14-15(22(23,24)25)6-7-17(16)28-10-12-32-13-11-28/h2-7,14H,8-13H2,1H3,(H,26,30). The molecule has 1 fully saturated rings. The number of imidazole rings is 1. The van der Waals surface area contributed by atoms with E-state index in [-0.39, 0.29) is 24.3 Å². The Morgan fingerprint density at radius 2 is 1.78 bits per heavy atom. The van der Waals surface area contributed by atoms with Crippen molar-refractivity contribution in [3.8, 4) is 0 Å². The zero-order valence-corrected chi connectivity index (χ0v) is 17.5. The highest BCUT2D eigenvalue weighted by molar-refractivity contribution is 5.94. The highest BCUT2D eigenvalue weighted by atomic mass is 19.4. The summed E-state index contributed by atoms with van der Waals surface area (Å²) in [6.45, 7) is 2.05. The normalized spacial score (nSPS) is 14.7. The molecule has 0 radical (unpaired) electrons. The van der Waals surface area contributed by atoms with E-state index in [1.54, 1.807) is 19.2 Å². The van der Waals surface area contributed by atoms with Gasteiger partial charge in [0.2, 0.25) is 5.91 Å². The first-order chi connectivity index (χ1) is 15.3. The lowest BCUT2D eigenvalue weighted by molar-refractivity contribution is -0.137. The van der Waals surface area contributed by atoms with Crippen LogP contribution >= 0.6 is 0 Å². The van der Waals surface area contributed by atoms with Crippen molar-refractivity contribution in [2.75, 3.05) is 36.5 Å². The number of para-hydroxylation sites is 2. The van der Waals surface area contributed by atoms with E-state index in [2.05, 4.69) is 5.32 Å². The lowest BCUT2D eigenvalue weighted by Crippen LogP contribution is -2.37. The summed E-state index contributed by atoms with van der Waals surface area (Å²) in [5, 5.41) is 2.62. The van der Waals surface area contributed by atoms with Crippen LogP contribution in [0.4, 0.5) is 24.5 Å². The van der Waals surface area contributed by atoms with Crippen molar-refractivity contribution < 1.29 is 22.7 Å². The molecular formula is C22H23F3N4O3. The highest BCUT2D eigenvalue weighted by Gasteiger charge is 2.32. The number of amides is 1. The number of aromatic nitrogens is 2. The van der Waals surface area contributed by atoms with Crippen LogP contribution in [0.5, 0.6) is 0 Å². The molecule has 1 aliphatic heterocycles. The van der Waals surface area contributed by atoms with Gasteiger partial charge in [-0.3, -0.25) is 13.9 Å². The lowest BCUT2D eigenvalue weighted by atomic mass is 10.1. The van der Waals surface area contributed by atoms with Crippen LogP contribution in [0.15, 0.2) is 47.3 Å². The maximum atomic E-state index is 13.3. The van der Waals surface area contributed by atoms with E-state index in [1.807, 2.05) is 17.0 Å². The van der Waals surface area contributed by atoms with Crippen molar-refractivity contribution in [3.05, 3.63) is 58.5 Å². The van der Waals surface area contributed by atoms with Gasteiger partial charge < -0.3 is 15.0 Å². The van der Waals surface area contributed by atoms with Gasteiger partial charge in [0.15, 0.2) is 0 Å². The molecule has 2 aromatic carbocycles. The van der Waals surface area contributed by atoms with Crippen LogP contribution in [0.2, 0.25) is 0 Å². The van der Waals surface area contributed by atoms with Crippen LogP contribution in [0.25, 0.3) is 11.0 Å². The number of carbonyl (C=O) groups excluding carboxylic acids is 1. The van der Waals surface area contributed by atoms with Crippen molar-refractivity contribution in [3.63, 3.8) is 0 Å². The van der Waals surface area contributed by atoms with Crippen molar-refractivity contribution in [1.82, 2.24) is 9.13 Å². The monoisotopic (exact) mass is 448 g/mol. The van der Waals surface area contributed by atoms with Crippen LogP contribution in [-0.2, 0) is 29.3 Å². The number of nitrogens with one attached hydrogen (secondary N) is 1. The molecule has 1 saturated heterocycles. The average molecular weight is 448 g/mol. The topological polar surface area (TPSA) is 68.5 Å². The number of halogens is 3. The molecule has 0 aliphatic carbocycles. The molecule has 1 N–H and O–H groups in total. The summed E-state index contributed by atoms with van der Waals surface area (Å²) in [4.78, 5) is 27.1. The van der Waals surface area contributed by atoms with Crippen LogP contribution in [0, 0.1) is 0 Å². The molecule has 0 bridgehead atoms. The molecule has 0 spiro atoms. The van der Waals surface area contributed by atoms with E-state index >= 15 is 0 Å². The lowest BCUT2D eigenvalue weighted by Gasteiger charge is -2.31. The number of carbonyl (C=O) groups is 1. The quantitative estimate of drug-likeness (QED) is 0.651. The smallest absolute Gasteiger partial charge is 0.378 e. The van der Waals surface area contributed by atoms with Gasteiger partial charge in [0.1, 0.15) is 0 Å². The fraction of sp³-hybridized carbons (Fsp3) is 0.364. The Hall–Kier alpha value is -3.27. The Labute approximate surface area is 182 Å². The zero-order valence-electron chi connectivity index (χ0n) is 17.5. The number of alkyl halides is 3. The minimum absolute atomic E-state index is 0.0628. The fourth-order valence-electron chi connectivity index (χ4n) is 3.90. The van der Waals surface area contributed by atoms with Crippen molar-refractivity contribution in [2.45, 2.75) is 19.1 Å². The third kappa shape index (κ3) is 4.36.